The van der Waals surface area contributed by atoms with Crippen molar-refractivity contribution in [3.05, 3.63) is 65.7 Å². The van der Waals surface area contributed by atoms with Crippen molar-refractivity contribution in [3.8, 4) is 0 Å². The Kier molecular flexibility index (Phi) is 7.35. The zero-order chi connectivity index (χ0) is 21.5. The normalized spacial score (nSPS) is 18.0. The molecule has 30 heavy (non-hydrogen) atoms. The first-order valence-corrected chi connectivity index (χ1v) is 10.2. The van der Waals surface area contributed by atoms with Crippen LogP contribution in [0.1, 0.15) is 29.3 Å². The van der Waals surface area contributed by atoms with E-state index in [0.29, 0.717) is 30.8 Å². The number of esters is 1. The number of anilines is 1. The average molecular weight is 429 g/mol. The topological polar surface area (TPSA) is 84.9 Å². The van der Waals surface area contributed by atoms with Crippen molar-refractivity contribution in [2.45, 2.75) is 31.2 Å². The van der Waals surface area contributed by atoms with E-state index >= 15 is 0 Å². The number of carbonyl (C=O) groups is 3. The molecule has 0 aliphatic carbocycles. The zero-order valence-electron chi connectivity index (χ0n) is 16.6. The Balaban J connectivity index is 1.60. The number of ether oxygens (including phenoxy) is 2. The van der Waals surface area contributed by atoms with E-state index < -0.39 is 18.1 Å². The molecule has 1 aliphatic heterocycles. The van der Waals surface area contributed by atoms with E-state index in [1.165, 1.54) is 4.90 Å². The summed E-state index contributed by atoms with van der Waals surface area (Å²) in [5.41, 5.74) is 1.79. The highest BCUT2D eigenvalue weighted by Crippen LogP contribution is 2.24. The molecule has 2 aromatic carbocycles. The van der Waals surface area contributed by atoms with Crippen LogP contribution in [0.5, 0.6) is 0 Å². The standard InChI is InChI=1S/C22H24N2O5S/c1-2-28-21(26)16-8-10-17(11-9-16)23-20(25)19-12-18(30)13-24(19)22(27)29-14-15-6-4-3-5-7-15/h3-11,18-19,30H,2,12-14H2,1H3,(H,23,25)/t18-,19+/m1/s1. The predicted octanol–water partition coefficient (Wildman–Crippen LogP) is 3.51. The van der Waals surface area contributed by atoms with Crippen LogP contribution < -0.4 is 5.32 Å². The molecule has 158 valence electrons. The van der Waals surface area contributed by atoms with Crippen LogP contribution in [-0.4, -0.2) is 47.3 Å². The SMILES string of the molecule is CCOC(=O)c1ccc(NC(=O)[C@@H]2C[C@@H](S)CN2C(=O)OCc2ccccc2)cc1. The third kappa shape index (κ3) is 5.54. The summed E-state index contributed by atoms with van der Waals surface area (Å²) in [6, 6.07) is 15.1. The lowest BCUT2D eigenvalue weighted by molar-refractivity contribution is -0.120. The molecule has 1 heterocycles. The van der Waals surface area contributed by atoms with Gasteiger partial charge in [-0.3, -0.25) is 9.69 Å². The van der Waals surface area contributed by atoms with Gasteiger partial charge in [-0.2, -0.15) is 12.6 Å². The van der Waals surface area contributed by atoms with E-state index in [9.17, 15) is 14.4 Å². The predicted molar refractivity (Wildman–Crippen MR) is 116 cm³/mol. The van der Waals surface area contributed by atoms with Crippen LogP contribution in [0, 0.1) is 0 Å². The van der Waals surface area contributed by atoms with Crippen LogP contribution in [-0.2, 0) is 20.9 Å². The molecule has 0 aromatic heterocycles. The molecular weight excluding hydrogens is 404 g/mol. The molecule has 0 spiro atoms. The molecule has 2 atom stereocenters. The van der Waals surface area contributed by atoms with Gasteiger partial charge in [0.1, 0.15) is 12.6 Å². The van der Waals surface area contributed by atoms with Crippen LogP contribution >= 0.6 is 12.6 Å². The molecule has 1 aliphatic rings. The summed E-state index contributed by atoms with van der Waals surface area (Å²) in [5, 5.41) is 2.67. The fourth-order valence-electron chi connectivity index (χ4n) is 3.20. The molecule has 0 bridgehead atoms. The van der Waals surface area contributed by atoms with Crippen LogP contribution in [0.3, 0.4) is 0 Å². The van der Waals surface area contributed by atoms with Gasteiger partial charge in [-0.15, -0.1) is 0 Å². The van der Waals surface area contributed by atoms with Crippen LogP contribution in [0.2, 0.25) is 0 Å². The summed E-state index contributed by atoms with van der Waals surface area (Å²) >= 11 is 4.44. The molecule has 2 amide bonds. The minimum atomic E-state index is -0.680. The highest BCUT2D eigenvalue weighted by molar-refractivity contribution is 7.81. The Morgan fingerprint density at radius 1 is 1.07 bits per heavy atom. The molecule has 8 heteroatoms. The van der Waals surface area contributed by atoms with Crippen molar-refractivity contribution in [2.75, 3.05) is 18.5 Å². The highest BCUT2D eigenvalue weighted by atomic mass is 32.1. The van der Waals surface area contributed by atoms with E-state index in [2.05, 4.69) is 17.9 Å². The molecule has 2 aromatic rings. The van der Waals surface area contributed by atoms with Gasteiger partial charge >= 0.3 is 12.1 Å². The minimum Gasteiger partial charge on any atom is -0.462 e. The van der Waals surface area contributed by atoms with Crippen molar-refractivity contribution in [1.82, 2.24) is 4.90 Å². The minimum absolute atomic E-state index is 0.115. The average Bonchev–Trinajstić information content (AvgIpc) is 3.15. The number of hydrogen-bond acceptors (Lipinski definition) is 6. The maximum Gasteiger partial charge on any atom is 0.410 e. The number of amides is 2. The number of likely N-dealkylation sites (tertiary alicyclic amines) is 1. The first kappa shape index (κ1) is 21.7. The van der Waals surface area contributed by atoms with Crippen LogP contribution in [0.25, 0.3) is 0 Å². The largest absolute Gasteiger partial charge is 0.462 e. The molecule has 1 saturated heterocycles. The van der Waals surface area contributed by atoms with Crippen molar-refractivity contribution < 1.29 is 23.9 Å². The van der Waals surface area contributed by atoms with E-state index in [1.54, 1.807) is 31.2 Å². The molecule has 0 unspecified atom stereocenters. The van der Waals surface area contributed by atoms with Crippen molar-refractivity contribution in [3.63, 3.8) is 0 Å². The molecule has 1 fully saturated rings. The second kappa shape index (κ2) is 10.2. The van der Waals surface area contributed by atoms with Gasteiger partial charge in [-0.25, -0.2) is 9.59 Å². The maximum atomic E-state index is 12.8. The molecular formula is C22H24N2O5S. The molecule has 0 saturated carbocycles. The van der Waals surface area contributed by atoms with Crippen LogP contribution in [0.4, 0.5) is 10.5 Å². The van der Waals surface area contributed by atoms with Crippen LogP contribution in [0.15, 0.2) is 54.6 Å². The summed E-state index contributed by atoms with van der Waals surface area (Å²) < 4.78 is 10.3. The molecule has 3 rings (SSSR count). The quantitative estimate of drug-likeness (QED) is 0.543. The molecule has 1 N–H and O–H groups in total. The van der Waals surface area contributed by atoms with Gasteiger partial charge in [-0.1, -0.05) is 30.3 Å². The number of thiol groups is 1. The summed E-state index contributed by atoms with van der Waals surface area (Å²) in [5.74, 6) is -0.747. The Morgan fingerprint density at radius 3 is 2.43 bits per heavy atom. The van der Waals surface area contributed by atoms with E-state index in [0.717, 1.165) is 5.56 Å². The maximum absolute atomic E-state index is 12.8. The molecule has 7 nitrogen and oxygen atoms in total. The smallest absolute Gasteiger partial charge is 0.410 e. The lowest BCUT2D eigenvalue weighted by atomic mass is 10.1. The lowest BCUT2D eigenvalue weighted by Crippen LogP contribution is -2.43. The second-order valence-corrected chi connectivity index (χ2v) is 7.62. The monoisotopic (exact) mass is 428 g/mol. The summed E-state index contributed by atoms with van der Waals surface area (Å²) in [7, 11) is 0. The number of carbonyl (C=O) groups excluding carboxylic acids is 3. The Hall–Kier alpha value is -3.00. The number of rotatable bonds is 6. The first-order valence-electron chi connectivity index (χ1n) is 9.71. The second-order valence-electron chi connectivity index (χ2n) is 6.88. The van der Waals surface area contributed by atoms with E-state index in [1.807, 2.05) is 30.3 Å². The van der Waals surface area contributed by atoms with Gasteiger partial charge in [0.15, 0.2) is 0 Å². The van der Waals surface area contributed by atoms with Gasteiger partial charge in [0.05, 0.1) is 12.2 Å². The van der Waals surface area contributed by atoms with E-state index in [4.69, 9.17) is 9.47 Å². The lowest BCUT2D eigenvalue weighted by Gasteiger charge is -2.23. The number of hydrogen-bond donors (Lipinski definition) is 2. The van der Waals surface area contributed by atoms with Crippen molar-refractivity contribution in [2.24, 2.45) is 0 Å². The third-order valence-electron chi connectivity index (χ3n) is 4.68. The highest BCUT2D eigenvalue weighted by Gasteiger charge is 2.39. The van der Waals surface area contributed by atoms with E-state index in [-0.39, 0.29) is 17.8 Å². The Bertz CT molecular complexity index is 888. The van der Waals surface area contributed by atoms with Crippen molar-refractivity contribution >= 4 is 36.3 Å². The fourth-order valence-corrected chi connectivity index (χ4v) is 3.57. The van der Waals surface area contributed by atoms with Crippen molar-refractivity contribution in [1.29, 1.82) is 0 Å². The molecule has 0 radical (unpaired) electrons. The first-order chi connectivity index (χ1) is 14.5. The summed E-state index contributed by atoms with van der Waals surface area (Å²) in [4.78, 5) is 38.5. The third-order valence-corrected chi connectivity index (χ3v) is 5.06. The summed E-state index contributed by atoms with van der Waals surface area (Å²) in [6.45, 7) is 2.49. The zero-order valence-corrected chi connectivity index (χ0v) is 17.5. The number of nitrogens with one attached hydrogen (secondary N) is 1. The Labute approximate surface area is 180 Å². The van der Waals surface area contributed by atoms with Gasteiger partial charge in [-0.05, 0) is 43.2 Å². The van der Waals surface area contributed by atoms with Gasteiger partial charge in [0.2, 0.25) is 5.91 Å². The van der Waals surface area contributed by atoms with Gasteiger partial charge in [0.25, 0.3) is 0 Å². The fraction of sp³-hybridized carbons (Fsp3) is 0.318. The number of benzene rings is 2. The summed E-state index contributed by atoms with van der Waals surface area (Å²) in [6.07, 6.45) is -0.121. The number of nitrogens with zero attached hydrogens (tertiary/aromatic N) is 1. The Morgan fingerprint density at radius 2 is 1.77 bits per heavy atom. The van der Waals surface area contributed by atoms with Gasteiger partial charge in [0, 0.05) is 17.5 Å². The van der Waals surface area contributed by atoms with Gasteiger partial charge < -0.3 is 14.8 Å².